The van der Waals surface area contributed by atoms with Crippen LogP contribution in [0.3, 0.4) is 0 Å². The van der Waals surface area contributed by atoms with E-state index in [4.69, 9.17) is 0 Å². The highest BCUT2D eigenvalue weighted by atomic mass is 16.1. The lowest BCUT2D eigenvalue weighted by Crippen LogP contribution is -1.89. The number of carbonyl (C=O) groups excluding carboxylic acids is 1. The number of hydrogen-bond acceptors (Lipinski definition) is 1. The van der Waals surface area contributed by atoms with Gasteiger partial charge in [-0.05, 0) is 13.3 Å². The van der Waals surface area contributed by atoms with E-state index in [-0.39, 0.29) is 0 Å². The molecule has 0 saturated heterocycles. The van der Waals surface area contributed by atoms with Crippen LogP contribution >= 0.6 is 0 Å². The molecule has 0 atom stereocenters. The molecule has 0 aliphatic heterocycles. The number of Topliss-reactive ketones (excluding diaryl/α,β-unsaturated/α-hetero) is 1. The van der Waals surface area contributed by atoms with Crippen LogP contribution in [0.15, 0.2) is 0 Å². The molecule has 78 valence electrons. The predicted octanol–water partition coefficient (Wildman–Crippen LogP) is 4.11. The van der Waals surface area contributed by atoms with E-state index in [0.29, 0.717) is 5.78 Å². The third-order valence-corrected chi connectivity index (χ3v) is 2.38. The number of unbranched alkanes of at least 4 members (excludes halogenated alkanes) is 7. The van der Waals surface area contributed by atoms with Crippen LogP contribution < -0.4 is 0 Å². The number of hydrogen-bond donors (Lipinski definition) is 0. The smallest absolute Gasteiger partial charge is 0.129 e. The van der Waals surface area contributed by atoms with Gasteiger partial charge in [-0.25, -0.2) is 0 Å². The summed E-state index contributed by atoms with van der Waals surface area (Å²) >= 11 is 0. The van der Waals surface area contributed by atoms with Gasteiger partial charge in [0, 0.05) is 6.42 Å². The minimum absolute atomic E-state index is 0.339. The van der Waals surface area contributed by atoms with Crippen molar-refractivity contribution in [1.82, 2.24) is 0 Å². The maximum Gasteiger partial charge on any atom is 0.129 e. The Kier molecular flexibility index (Phi) is 9.51. The van der Waals surface area contributed by atoms with Crippen LogP contribution in [-0.4, -0.2) is 5.78 Å². The molecule has 0 aromatic heterocycles. The zero-order valence-corrected chi connectivity index (χ0v) is 9.27. The molecular formula is C12H24O. The molecule has 0 spiro atoms. The van der Waals surface area contributed by atoms with E-state index in [1.807, 2.05) is 0 Å². The van der Waals surface area contributed by atoms with E-state index in [0.717, 1.165) is 12.8 Å². The third-order valence-electron chi connectivity index (χ3n) is 2.38. The van der Waals surface area contributed by atoms with Crippen molar-refractivity contribution >= 4 is 5.78 Å². The summed E-state index contributed by atoms with van der Waals surface area (Å²) in [4.78, 5) is 10.6. The lowest BCUT2D eigenvalue weighted by atomic mass is 10.1. The molecule has 1 heteroatoms. The monoisotopic (exact) mass is 184 g/mol. The molecule has 0 bridgehead atoms. The van der Waals surface area contributed by atoms with Gasteiger partial charge in [0.1, 0.15) is 5.78 Å². The first-order valence-electron chi connectivity index (χ1n) is 5.76. The average Bonchev–Trinajstić information content (AvgIpc) is 2.09. The average molecular weight is 184 g/mol. The minimum Gasteiger partial charge on any atom is -0.300 e. The van der Waals surface area contributed by atoms with Crippen molar-refractivity contribution in [3.8, 4) is 0 Å². The summed E-state index contributed by atoms with van der Waals surface area (Å²) < 4.78 is 0. The molecule has 0 fully saturated rings. The third kappa shape index (κ3) is 11.7. The molecular weight excluding hydrogens is 160 g/mol. The van der Waals surface area contributed by atoms with E-state index >= 15 is 0 Å². The highest BCUT2D eigenvalue weighted by Crippen LogP contribution is 2.09. The molecule has 0 unspecified atom stereocenters. The summed E-state index contributed by atoms with van der Waals surface area (Å²) in [6, 6.07) is 0. The Morgan fingerprint density at radius 3 is 1.77 bits per heavy atom. The quantitative estimate of drug-likeness (QED) is 0.493. The van der Waals surface area contributed by atoms with E-state index < -0.39 is 0 Å². The largest absolute Gasteiger partial charge is 0.300 e. The van der Waals surface area contributed by atoms with E-state index in [1.54, 1.807) is 6.92 Å². The molecule has 1 nitrogen and oxygen atoms in total. The molecule has 13 heavy (non-hydrogen) atoms. The first-order valence-corrected chi connectivity index (χ1v) is 5.76. The molecule has 0 aromatic carbocycles. The molecule has 0 aliphatic carbocycles. The second-order valence-electron chi connectivity index (χ2n) is 3.93. The summed E-state index contributed by atoms with van der Waals surface area (Å²) in [6.45, 7) is 3.92. The van der Waals surface area contributed by atoms with E-state index in [2.05, 4.69) is 6.92 Å². The molecule has 0 rings (SSSR count). The van der Waals surface area contributed by atoms with Crippen LogP contribution in [0.5, 0.6) is 0 Å². The number of rotatable bonds is 9. The normalized spacial score (nSPS) is 10.3. The van der Waals surface area contributed by atoms with Crippen molar-refractivity contribution in [1.29, 1.82) is 0 Å². The fourth-order valence-corrected chi connectivity index (χ4v) is 1.51. The van der Waals surface area contributed by atoms with Gasteiger partial charge in [-0.1, -0.05) is 51.9 Å². The molecule has 0 N–H and O–H groups in total. The Morgan fingerprint density at radius 2 is 1.31 bits per heavy atom. The Morgan fingerprint density at radius 1 is 0.846 bits per heavy atom. The summed E-state index contributed by atoms with van der Waals surface area (Å²) in [7, 11) is 0. The van der Waals surface area contributed by atoms with Gasteiger partial charge in [-0.3, -0.25) is 0 Å². The summed E-state index contributed by atoms with van der Waals surface area (Å²) in [5.41, 5.74) is 0. The summed E-state index contributed by atoms with van der Waals surface area (Å²) in [5, 5.41) is 0. The second-order valence-corrected chi connectivity index (χ2v) is 3.93. The molecule has 0 amide bonds. The Labute approximate surface area is 82.9 Å². The first-order chi connectivity index (χ1) is 6.27. The van der Waals surface area contributed by atoms with Gasteiger partial charge in [-0.15, -0.1) is 0 Å². The van der Waals surface area contributed by atoms with Gasteiger partial charge >= 0.3 is 0 Å². The van der Waals surface area contributed by atoms with Crippen LogP contribution in [0.25, 0.3) is 0 Å². The van der Waals surface area contributed by atoms with Crippen LogP contribution in [0.4, 0.5) is 0 Å². The molecule has 0 heterocycles. The predicted molar refractivity (Wildman–Crippen MR) is 57.9 cm³/mol. The first kappa shape index (κ1) is 12.7. The van der Waals surface area contributed by atoms with Gasteiger partial charge in [0.05, 0.1) is 0 Å². The molecule has 0 saturated carbocycles. The maximum atomic E-state index is 10.6. The number of ketones is 1. The maximum absolute atomic E-state index is 10.6. The van der Waals surface area contributed by atoms with Crippen LogP contribution in [0.2, 0.25) is 0 Å². The minimum atomic E-state index is 0.339. The van der Waals surface area contributed by atoms with Crippen molar-refractivity contribution in [2.75, 3.05) is 0 Å². The summed E-state index contributed by atoms with van der Waals surface area (Å²) in [6.07, 6.45) is 11.3. The molecule has 0 aliphatic rings. The van der Waals surface area contributed by atoms with Crippen LogP contribution in [0, 0.1) is 0 Å². The Bertz CT molecular complexity index is 118. The van der Waals surface area contributed by atoms with Crippen LogP contribution in [-0.2, 0) is 4.79 Å². The Hall–Kier alpha value is -0.330. The van der Waals surface area contributed by atoms with Gasteiger partial charge in [0.25, 0.3) is 0 Å². The molecule has 0 aromatic rings. The highest BCUT2D eigenvalue weighted by Gasteiger charge is 1.93. The van der Waals surface area contributed by atoms with Crippen molar-refractivity contribution in [2.45, 2.75) is 71.6 Å². The van der Waals surface area contributed by atoms with Crippen molar-refractivity contribution < 1.29 is 4.79 Å². The highest BCUT2D eigenvalue weighted by molar-refractivity contribution is 5.75. The topological polar surface area (TPSA) is 17.1 Å². The van der Waals surface area contributed by atoms with Crippen molar-refractivity contribution in [3.63, 3.8) is 0 Å². The van der Waals surface area contributed by atoms with Gasteiger partial charge < -0.3 is 4.79 Å². The van der Waals surface area contributed by atoms with E-state index in [1.165, 1.54) is 44.9 Å². The SMILES string of the molecule is CCCCCCCCCCC(C)=O. The van der Waals surface area contributed by atoms with E-state index in [9.17, 15) is 4.79 Å². The van der Waals surface area contributed by atoms with Crippen molar-refractivity contribution in [2.24, 2.45) is 0 Å². The zero-order valence-electron chi connectivity index (χ0n) is 9.27. The van der Waals surface area contributed by atoms with Gasteiger partial charge in [0.15, 0.2) is 0 Å². The standard InChI is InChI=1S/C12H24O/c1-3-4-5-6-7-8-9-10-11-12(2)13/h3-11H2,1-2H3. The lowest BCUT2D eigenvalue weighted by molar-refractivity contribution is -0.117. The number of carbonyl (C=O) groups is 1. The van der Waals surface area contributed by atoms with Crippen molar-refractivity contribution in [3.05, 3.63) is 0 Å². The fraction of sp³-hybridized carbons (Fsp3) is 0.917. The van der Waals surface area contributed by atoms with Gasteiger partial charge in [-0.2, -0.15) is 0 Å². The van der Waals surface area contributed by atoms with Crippen LogP contribution in [0.1, 0.15) is 71.6 Å². The second kappa shape index (κ2) is 9.76. The van der Waals surface area contributed by atoms with Gasteiger partial charge in [0.2, 0.25) is 0 Å². The zero-order chi connectivity index (χ0) is 9.94. The lowest BCUT2D eigenvalue weighted by Gasteiger charge is -1.99. The Balaban J connectivity index is 2.87. The fourth-order valence-electron chi connectivity index (χ4n) is 1.51. The molecule has 0 radical (unpaired) electrons. The summed E-state index contributed by atoms with van der Waals surface area (Å²) in [5.74, 6) is 0.339.